The first-order valence-electron chi connectivity index (χ1n) is 6.11. The van der Waals surface area contributed by atoms with E-state index in [2.05, 4.69) is 26.0 Å². The predicted molar refractivity (Wildman–Crippen MR) is 72.4 cm³/mol. The van der Waals surface area contributed by atoms with Gasteiger partial charge in [0.15, 0.2) is 0 Å². The number of nitrogens with one attached hydrogen (secondary N) is 1. The van der Waals surface area contributed by atoms with Crippen LogP contribution in [-0.4, -0.2) is 38.7 Å². The second-order valence-electron chi connectivity index (χ2n) is 4.50. The SMILES string of the molecule is CNC(COCC(F)(F)C(F)F)Cc1cc(F)ccc1Br. The summed E-state index contributed by atoms with van der Waals surface area (Å²) in [6.07, 6.45) is -3.46. The van der Waals surface area contributed by atoms with Crippen LogP contribution in [0, 0.1) is 5.82 Å². The van der Waals surface area contributed by atoms with Crippen molar-refractivity contribution in [1.29, 1.82) is 0 Å². The van der Waals surface area contributed by atoms with Gasteiger partial charge in [0.05, 0.1) is 6.61 Å². The summed E-state index contributed by atoms with van der Waals surface area (Å²) < 4.78 is 67.8. The highest BCUT2D eigenvalue weighted by Gasteiger charge is 2.41. The first kappa shape index (κ1) is 18.3. The van der Waals surface area contributed by atoms with Gasteiger partial charge in [-0.25, -0.2) is 13.2 Å². The van der Waals surface area contributed by atoms with Gasteiger partial charge in [-0.15, -0.1) is 0 Å². The molecule has 0 aromatic heterocycles. The largest absolute Gasteiger partial charge is 0.373 e. The second-order valence-corrected chi connectivity index (χ2v) is 5.36. The van der Waals surface area contributed by atoms with Crippen molar-refractivity contribution in [3.05, 3.63) is 34.1 Å². The molecule has 0 aliphatic carbocycles. The summed E-state index contributed by atoms with van der Waals surface area (Å²) in [6.45, 7) is -1.55. The minimum Gasteiger partial charge on any atom is -0.373 e. The summed E-state index contributed by atoms with van der Waals surface area (Å²) in [5.41, 5.74) is 0.624. The van der Waals surface area contributed by atoms with E-state index in [0.717, 1.165) is 0 Å². The lowest BCUT2D eigenvalue weighted by atomic mass is 10.1. The van der Waals surface area contributed by atoms with Gasteiger partial charge in [0.1, 0.15) is 12.4 Å². The van der Waals surface area contributed by atoms with Gasteiger partial charge in [0.25, 0.3) is 0 Å². The Morgan fingerprint density at radius 1 is 1.33 bits per heavy atom. The Labute approximate surface area is 127 Å². The van der Waals surface area contributed by atoms with Crippen molar-refractivity contribution in [2.75, 3.05) is 20.3 Å². The number of hydrogen-bond acceptors (Lipinski definition) is 2. The zero-order chi connectivity index (χ0) is 16.0. The third-order valence-electron chi connectivity index (χ3n) is 2.82. The van der Waals surface area contributed by atoms with Crippen molar-refractivity contribution in [2.45, 2.75) is 24.8 Å². The molecule has 1 rings (SSSR count). The lowest BCUT2D eigenvalue weighted by molar-refractivity contribution is -0.166. The van der Waals surface area contributed by atoms with Crippen molar-refractivity contribution in [1.82, 2.24) is 5.32 Å². The molecular weight excluding hydrogens is 361 g/mol. The third kappa shape index (κ3) is 5.88. The summed E-state index contributed by atoms with van der Waals surface area (Å²) in [6, 6.07) is 3.71. The molecule has 0 radical (unpaired) electrons. The summed E-state index contributed by atoms with van der Waals surface area (Å²) in [7, 11) is 1.58. The van der Waals surface area contributed by atoms with Crippen molar-refractivity contribution < 1.29 is 26.7 Å². The highest BCUT2D eigenvalue weighted by Crippen LogP contribution is 2.23. The summed E-state index contributed by atoms with van der Waals surface area (Å²) in [5.74, 6) is -4.59. The average molecular weight is 376 g/mol. The topological polar surface area (TPSA) is 21.3 Å². The Hall–Kier alpha value is -0.730. The van der Waals surface area contributed by atoms with Gasteiger partial charge < -0.3 is 10.1 Å². The highest BCUT2D eigenvalue weighted by molar-refractivity contribution is 9.10. The number of ether oxygens (including phenoxy) is 1. The van der Waals surface area contributed by atoms with E-state index in [1.54, 1.807) is 7.05 Å². The van der Waals surface area contributed by atoms with Crippen LogP contribution in [0.1, 0.15) is 5.56 Å². The Morgan fingerprint density at radius 3 is 2.57 bits per heavy atom. The van der Waals surface area contributed by atoms with E-state index in [1.165, 1.54) is 18.2 Å². The van der Waals surface area contributed by atoms with E-state index in [1.807, 2.05) is 0 Å². The lowest BCUT2D eigenvalue weighted by Crippen LogP contribution is -2.37. The predicted octanol–water partition coefficient (Wildman–Crippen LogP) is 3.64. The van der Waals surface area contributed by atoms with Gasteiger partial charge in [0.2, 0.25) is 0 Å². The van der Waals surface area contributed by atoms with E-state index in [9.17, 15) is 22.0 Å². The fourth-order valence-corrected chi connectivity index (χ4v) is 2.02. The monoisotopic (exact) mass is 375 g/mol. The van der Waals surface area contributed by atoms with Crippen LogP contribution in [0.5, 0.6) is 0 Å². The molecule has 0 aliphatic heterocycles. The number of hydrogen-bond donors (Lipinski definition) is 1. The Kier molecular flexibility index (Phi) is 7.02. The van der Waals surface area contributed by atoms with Gasteiger partial charge in [-0.1, -0.05) is 15.9 Å². The van der Waals surface area contributed by atoms with Crippen LogP contribution < -0.4 is 5.32 Å². The molecule has 1 atom stereocenters. The Balaban J connectivity index is 2.54. The first-order chi connectivity index (χ1) is 9.76. The highest BCUT2D eigenvalue weighted by atomic mass is 79.9. The fourth-order valence-electron chi connectivity index (χ4n) is 1.61. The molecule has 0 saturated heterocycles. The van der Waals surface area contributed by atoms with Gasteiger partial charge in [-0.2, -0.15) is 8.78 Å². The molecule has 1 unspecified atom stereocenters. The molecule has 0 fully saturated rings. The molecule has 0 spiro atoms. The van der Waals surface area contributed by atoms with E-state index < -0.39 is 30.8 Å². The van der Waals surface area contributed by atoms with Crippen LogP contribution in [-0.2, 0) is 11.2 Å². The maximum absolute atomic E-state index is 13.1. The van der Waals surface area contributed by atoms with Crippen LogP contribution >= 0.6 is 15.9 Å². The van der Waals surface area contributed by atoms with Crippen molar-refractivity contribution >= 4 is 15.9 Å². The van der Waals surface area contributed by atoms with E-state index in [-0.39, 0.29) is 6.61 Å². The molecule has 1 N–H and O–H groups in total. The van der Waals surface area contributed by atoms with Crippen LogP contribution in [0.15, 0.2) is 22.7 Å². The van der Waals surface area contributed by atoms with Crippen LogP contribution in [0.2, 0.25) is 0 Å². The van der Waals surface area contributed by atoms with Gasteiger partial charge in [0, 0.05) is 10.5 Å². The molecule has 0 amide bonds. The molecule has 1 aromatic rings. The molecule has 120 valence electrons. The van der Waals surface area contributed by atoms with E-state index in [0.29, 0.717) is 16.5 Å². The molecule has 21 heavy (non-hydrogen) atoms. The average Bonchev–Trinajstić information content (AvgIpc) is 2.41. The van der Waals surface area contributed by atoms with Gasteiger partial charge in [-0.3, -0.25) is 0 Å². The number of benzene rings is 1. The maximum Gasteiger partial charge on any atom is 0.330 e. The summed E-state index contributed by atoms with van der Waals surface area (Å²) >= 11 is 3.25. The van der Waals surface area contributed by atoms with Crippen molar-refractivity contribution in [3.63, 3.8) is 0 Å². The zero-order valence-corrected chi connectivity index (χ0v) is 12.8. The summed E-state index contributed by atoms with van der Waals surface area (Å²) in [5, 5.41) is 2.81. The molecule has 0 aliphatic rings. The van der Waals surface area contributed by atoms with Gasteiger partial charge in [-0.05, 0) is 37.2 Å². The molecular formula is C13H15BrF5NO. The number of likely N-dealkylation sites (N-methyl/N-ethyl adjacent to an activating group) is 1. The van der Waals surface area contributed by atoms with Crippen LogP contribution in [0.4, 0.5) is 22.0 Å². The number of alkyl halides is 4. The van der Waals surface area contributed by atoms with Crippen LogP contribution in [0.3, 0.4) is 0 Å². The standard InChI is InChI=1S/C13H15BrF5NO/c1-20-10(6-21-7-13(18,19)12(16)17)5-8-4-9(15)2-3-11(8)14/h2-4,10,12,20H,5-7H2,1H3. The molecule has 8 heteroatoms. The Bertz CT molecular complexity index is 458. The molecule has 0 heterocycles. The van der Waals surface area contributed by atoms with E-state index >= 15 is 0 Å². The smallest absolute Gasteiger partial charge is 0.330 e. The zero-order valence-electron chi connectivity index (χ0n) is 11.2. The quantitative estimate of drug-likeness (QED) is 0.700. The fraction of sp³-hybridized carbons (Fsp3) is 0.538. The number of rotatable bonds is 8. The lowest BCUT2D eigenvalue weighted by Gasteiger charge is -2.20. The second kappa shape index (κ2) is 8.05. The maximum atomic E-state index is 13.1. The molecule has 0 saturated carbocycles. The Morgan fingerprint density at radius 2 is 2.00 bits per heavy atom. The first-order valence-corrected chi connectivity index (χ1v) is 6.90. The third-order valence-corrected chi connectivity index (χ3v) is 3.59. The minimum absolute atomic E-state index is 0.193. The molecule has 1 aromatic carbocycles. The van der Waals surface area contributed by atoms with Gasteiger partial charge >= 0.3 is 12.3 Å². The van der Waals surface area contributed by atoms with Crippen molar-refractivity contribution in [3.8, 4) is 0 Å². The number of halogens is 6. The van der Waals surface area contributed by atoms with Crippen LogP contribution in [0.25, 0.3) is 0 Å². The molecule has 2 nitrogen and oxygen atoms in total. The molecule has 0 bridgehead atoms. The minimum atomic E-state index is -4.17. The summed E-state index contributed by atoms with van der Waals surface area (Å²) in [4.78, 5) is 0. The van der Waals surface area contributed by atoms with Crippen molar-refractivity contribution in [2.24, 2.45) is 0 Å². The normalized spacial score (nSPS) is 13.7. The van der Waals surface area contributed by atoms with E-state index in [4.69, 9.17) is 0 Å².